The highest BCUT2D eigenvalue weighted by atomic mass is 32.2. The van der Waals surface area contributed by atoms with E-state index >= 15 is 0 Å². The minimum absolute atomic E-state index is 0.0489. The van der Waals surface area contributed by atoms with Crippen molar-refractivity contribution in [1.82, 2.24) is 15.1 Å². The maximum atomic E-state index is 13.1. The number of carbonyl (C=O) groups excluding carboxylic acids is 1. The van der Waals surface area contributed by atoms with E-state index in [9.17, 15) is 22.7 Å². The first-order chi connectivity index (χ1) is 13.8. The normalized spacial score (nSPS) is 26.9. The summed E-state index contributed by atoms with van der Waals surface area (Å²) in [6.07, 6.45) is 0.846. The van der Waals surface area contributed by atoms with Crippen molar-refractivity contribution in [1.29, 1.82) is 0 Å². The average molecular weight is 431 g/mol. The van der Waals surface area contributed by atoms with E-state index in [1.54, 1.807) is 12.1 Å². The third kappa shape index (κ3) is 4.76. The summed E-state index contributed by atoms with van der Waals surface area (Å²) in [7, 11) is -3.97. The summed E-state index contributed by atoms with van der Waals surface area (Å²) >= 11 is 0. The standard InChI is InChI=1S/C18H26FN3O6S/c19-14-3-1-13(2-4-14)11-28-15-6-9-22(10-7-15)29(26,27)16-5-8-20-12-18(16,24)17(23)21-25/h1-4,15-16,20,24-25H,5-12H2,(H,21,23). The van der Waals surface area contributed by atoms with Crippen molar-refractivity contribution in [2.24, 2.45) is 0 Å². The number of aliphatic hydroxyl groups is 1. The quantitative estimate of drug-likeness (QED) is 0.361. The molecule has 2 saturated heterocycles. The smallest absolute Gasteiger partial charge is 0.278 e. The third-order valence-electron chi connectivity index (χ3n) is 5.52. The van der Waals surface area contributed by atoms with Gasteiger partial charge in [-0.25, -0.2) is 22.6 Å². The van der Waals surface area contributed by atoms with E-state index in [-0.39, 0.29) is 38.0 Å². The van der Waals surface area contributed by atoms with Gasteiger partial charge in [-0.05, 0) is 43.5 Å². The molecule has 2 heterocycles. The van der Waals surface area contributed by atoms with Crippen LogP contribution in [0.15, 0.2) is 24.3 Å². The number of rotatable bonds is 6. The van der Waals surface area contributed by atoms with Gasteiger partial charge in [0.2, 0.25) is 10.0 Å². The number of hydroxylamine groups is 1. The predicted molar refractivity (Wildman–Crippen MR) is 101 cm³/mol. The highest BCUT2D eigenvalue weighted by Crippen LogP contribution is 2.29. The summed E-state index contributed by atoms with van der Waals surface area (Å²) in [5.74, 6) is -1.46. The Morgan fingerprint density at radius 2 is 1.93 bits per heavy atom. The number of benzene rings is 1. The van der Waals surface area contributed by atoms with Crippen LogP contribution in [0.1, 0.15) is 24.8 Å². The SMILES string of the molecule is O=C(NO)C1(O)CNCCC1S(=O)(=O)N1CCC(OCc2ccc(F)cc2)CC1. The van der Waals surface area contributed by atoms with E-state index in [2.05, 4.69) is 5.32 Å². The Kier molecular flexibility index (Phi) is 6.87. The first-order valence-corrected chi connectivity index (χ1v) is 11.0. The Bertz CT molecular complexity index is 813. The van der Waals surface area contributed by atoms with E-state index < -0.39 is 26.8 Å². The number of β-amino-alcohol motifs (C(OH)–C–C–N with tert-alkyl or cyclic N) is 1. The monoisotopic (exact) mass is 431 g/mol. The van der Waals surface area contributed by atoms with Gasteiger partial charge in [-0.1, -0.05) is 12.1 Å². The van der Waals surface area contributed by atoms with Crippen molar-refractivity contribution in [2.75, 3.05) is 26.2 Å². The Hall–Kier alpha value is -1.63. The molecule has 0 spiro atoms. The van der Waals surface area contributed by atoms with Crippen LogP contribution >= 0.6 is 0 Å². The van der Waals surface area contributed by atoms with Crippen molar-refractivity contribution in [3.05, 3.63) is 35.6 Å². The molecule has 2 atom stereocenters. The Balaban J connectivity index is 1.60. The lowest BCUT2D eigenvalue weighted by molar-refractivity contribution is -0.150. The Morgan fingerprint density at radius 3 is 2.55 bits per heavy atom. The number of amides is 1. The topological polar surface area (TPSA) is 128 Å². The molecule has 0 aliphatic carbocycles. The number of halogens is 1. The number of nitrogens with one attached hydrogen (secondary N) is 2. The number of hydrogen-bond acceptors (Lipinski definition) is 7. The molecule has 1 amide bonds. The Labute approximate surface area is 168 Å². The van der Waals surface area contributed by atoms with E-state index in [0.717, 1.165) is 5.56 Å². The molecule has 0 radical (unpaired) electrons. The maximum absolute atomic E-state index is 13.1. The van der Waals surface area contributed by atoms with Gasteiger partial charge in [0, 0.05) is 19.6 Å². The van der Waals surface area contributed by atoms with Crippen molar-refractivity contribution in [3.63, 3.8) is 0 Å². The van der Waals surface area contributed by atoms with Crippen molar-refractivity contribution in [2.45, 2.75) is 42.8 Å². The van der Waals surface area contributed by atoms with E-state index in [1.165, 1.54) is 21.9 Å². The maximum Gasteiger partial charge on any atom is 0.278 e. The molecule has 1 aromatic rings. The lowest BCUT2D eigenvalue weighted by atomic mass is 9.93. The summed E-state index contributed by atoms with van der Waals surface area (Å²) in [5, 5.41) is 21.0. The molecule has 2 fully saturated rings. The Morgan fingerprint density at radius 1 is 1.28 bits per heavy atom. The van der Waals surface area contributed by atoms with Crippen LogP contribution in [-0.4, -0.2) is 72.1 Å². The van der Waals surface area contributed by atoms with Crippen molar-refractivity contribution < 1.29 is 32.7 Å². The second kappa shape index (κ2) is 9.02. The average Bonchev–Trinajstić information content (AvgIpc) is 2.73. The number of ether oxygens (including phenoxy) is 1. The van der Waals surface area contributed by atoms with Gasteiger partial charge >= 0.3 is 0 Å². The molecule has 3 rings (SSSR count). The highest BCUT2D eigenvalue weighted by Gasteiger charge is 2.53. The van der Waals surface area contributed by atoms with Gasteiger partial charge in [-0.15, -0.1) is 0 Å². The molecule has 162 valence electrons. The largest absolute Gasteiger partial charge is 0.377 e. The van der Waals surface area contributed by atoms with Gasteiger partial charge in [-0.3, -0.25) is 10.0 Å². The van der Waals surface area contributed by atoms with E-state index in [1.807, 2.05) is 0 Å². The fourth-order valence-corrected chi connectivity index (χ4v) is 5.99. The molecule has 2 aliphatic rings. The number of hydrogen-bond donors (Lipinski definition) is 4. The van der Waals surface area contributed by atoms with Crippen LogP contribution in [0.25, 0.3) is 0 Å². The van der Waals surface area contributed by atoms with E-state index in [4.69, 9.17) is 9.94 Å². The first-order valence-electron chi connectivity index (χ1n) is 9.50. The molecule has 9 nitrogen and oxygen atoms in total. The van der Waals surface area contributed by atoms with Gasteiger partial charge in [0.05, 0.1) is 12.7 Å². The summed E-state index contributed by atoms with van der Waals surface area (Å²) in [6.45, 7) is 0.791. The van der Waals surface area contributed by atoms with Gasteiger partial charge in [-0.2, -0.15) is 0 Å². The minimum Gasteiger partial charge on any atom is -0.377 e. The molecule has 11 heteroatoms. The molecular weight excluding hydrogens is 405 g/mol. The summed E-state index contributed by atoms with van der Waals surface area (Å²) < 4.78 is 46.2. The number of sulfonamides is 1. The second-order valence-electron chi connectivity index (χ2n) is 7.40. The molecule has 0 bridgehead atoms. The van der Waals surface area contributed by atoms with Gasteiger partial charge in [0.15, 0.2) is 5.60 Å². The van der Waals surface area contributed by atoms with Crippen LogP contribution in [0.5, 0.6) is 0 Å². The first kappa shape index (κ1) is 22.1. The van der Waals surface area contributed by atoms with Crippen LogP contribution in [0, 0.1) is 5.82 Å². The minimum atomic E-state index is -3.97. The van der Waals surface area contributed by atoms with Crippen molar-refractivity contribution in [3.8, 4) is 0 Å². The number of carbonyl (C=O) groups is 1. The van der Waals surface area contributed by atoms with E-state index in [0.29, 0.717) is 26.0 Å². The zero-order valence-electron chi connectivity index (χ0n) is 15.9. The zero-order chi connectivity index (χ0) is 21.1. The fourth-order valence-electron chi connectivity index (χ4n) is 3.81. The summed E-state index contributed by atoms with van der Waals surface area (Å²) in [5.41, 5.74) is -0.0508. The molecule has 1 aromatic carbocycles. The highest BCUT2D eigenvalue weighted by molar-refractivity contribution is 7.89. The van der Waals surface area contributed by atoms with Crippen LogP contribution in [0.3, 0.4) is 0 Å². The lowest BCUT2D eigenvalue weighted by Gasteiger charge is -2.41. The molecule has 2 unspecified atom stereocenters. The van der Waals surface area contributed by atoms with Gasteiger partial charge < -0.3 is 15.2 Å². The number of nitrogens with zero attached hydrogens (tertiary/aromatic N) is 1. The lowest BCUT2D eigenvalue weighted by Crippen LogP contribution is -2.67. The zero-order valence-corrected chi connectivity index (χ0v) is 16.7. The number of piperidine rings is 2. The van der Waals surface area contributed by atoms with Crippen LogP contribution < -0.4 is 10.8 Å². The molecule has 0 saturated carbocycles. The van der Waals surface area contributed by atoms with Crippen LogP contribution in [-0.2, 0) is 26.2 Å². The molecule has 4 N–H and O–H groups in total. The molecule has 0 aromatic heterocycles. The third-order valence-corrected chi connectivity index (χ3v) is 7.95. The fraction of sp³-hybridized carbons (Fsp3) is 0.611. The molecular formula is C18H26FN3O6S. The van der Waals surface area contributed by atoms with Crippen LogP contribution in [0.2, 0.25) is 0 Å². The summed E-state index contributed by atoms with van der Waals surface area (Å²) in [6, 6.07) is 5.99. The molecule has 29 heavy (non-hydrogen) atoms. The van der Waals surface area contributed by atoms with Crippen molar-refractivity contribution >= 4 is 15.9 Å². The predicted octanol–water partition coefficient (Wildman–Crippen LogP) is -0.265. The van der Waals surface area contributed by atoms with Crippen LogP contribution in [0.4, 0.5) is 4.39 Å². The van der Waals surface area contributed by atoms with Gasteiger partial charge in [0.1, 0.15) is 11.1 Å². The second-order valence-corrected chi connectivity index (χ2v) is 9.52. The van der Waals surface area contributed by atoms with Gasteiger partial charge in [0.25, 0.3) is 5.91 Å². The molecule has 2 aliphatic heterocycles. The summed E-state index contributed by atoms with van der Waals surface area (Å²) in [4.78, 5) is 11.9.